The zero-order chi connectivity index (χ0) is 33.4. The summed E-state index contributed by atoms with van der Waals surface area (Å²) >= 11 is 1.37. The summed E-state index contributed by atoms with van der Waals surface area (Å²) in [5.41, 5.74) is 5.48. The molecule has 0 spiro atoms. The lowest BCUT2D eigenvalue weighted by molar-refractivity contribution is 0.460. The second-order valence-electron chi connectivity index (χ2n) is 12.5. The van der Waals surface area contributed by atoms with Gasteiger partial charge in [-0.3, -0.25) is 4.68 Å². The Hall–Kier alpha value is -5.12. The Labute approximate surface area is 290 Å². The van der Waals surface area contributed by atoms with Crippen LogP contribution in [0.3, 0.4) is 0 Å². The lowest BCUT2D eigenvalue weighted by atomic mass is 9.77. The second-order valence-corrected chi connectivity index (χ2v) is 15.9. The SMILES string of the molecule is CS(=O)(=O)c1ccc(C2CCCCN2c2ncnc3ccc(-c4cnn(C(c5ccccc5)(c5ccccc5)c5ccccc5)c4)cc23)s1. The number of benzene rings is 4. The van der Waals surface area contributed by atoms with Crippen molar-refractivity contribution in [1.82, 2.24) is 19.7 Å². The van der Waals surface area contributed by atoms with Crippen molar-refractivity contribution in [3.05, 3.63) is 162 Å². The van der Waals surface area contributed by atoms with E-state index in [-0.39, 0.29) is 6.04 Å². The Balaban J connectivity index is 1.25. The summed E-state index contributed by atoms with van der Waals surface area (Å²) in [6.45, 7) is 0.832. The molecule has 3 aromatic heterocycles. The van der Waals surface area contributed by atoms with Gasteiger partial charge in [0.15, 0.2) is 9.84 Å². The van der Waals surface area contributed by atoms with Crippen LogP contribution in [-0.4, -0.2) is 41.0 Å². The van der Waals surface area contributed by atoms with Gasteiger partial charge in [0.1, 0.15) is 21.9 Å². The van der Waals surface area contributed by atoms with Gasteiger partial charge in [-0.1, -0.05) is 97.1 Å². The fourth-order valence-electron chi connectivity index (χ4n) is 7.24. The number of aromatic nitrogens is 4. The predicted molar refractivity (Wildman–Crippen MR) is 197 cm³/mol. The van der Waals surface area contributed by atoms with Crippen LogP contribution in [0, 0.1) is 0 Å². The van der Waals surface area contributed by atoms with E-state index in [2.05, 4.69) is 112 Å². The van der Waals surface area contributed by atoms with Crippen LogP contribution in [0.15, 0.2) is 144 Å². The monoisotopic (exact) mass is 681 g/mol. The summed E-state index contributed by atoms with van der Waals surface area (Å²) in [7, 11) is -3.27. The van der Waals surface area contributed by atoms with Gasteiger partial charge in [-0.25, -0.2) is 18.4 Å². The third-order valence-corrected chi connectivity index (χ3v) is 12.5. The minimum atomic E-state index is -3.27. The number of anilines is 1. The molecule has 244 valence electrons. The zero-order valence-electron chi connectivity index (χ0n) is 27.1. The minimum absolute atomic E-state index is 0.0435. The molecule has 1 aliphatic rings. The first kappa shape index (κ1) is 31.2. The molecule has 4 aromatic carbocycles. The normalized spacial score (nSPS) is 15.4. The lowest BCUT2D eigenvalue weighted by Gasteiger charge is -2.36. The summed E-state index contributed by atoms with van der Waals surface area (Å²) in [5.74, 6) is 0.866. The molecule has 0 saturated carbocycles. The van der Waals surface area contributed by atoms with Gasteiger partial charge in [0.25, 0.3) is 0 Å². The van der Waals surface area contributed by atoms with Gasteiger partial charge in [0.05, 0.1) is 17.8 Å². The van der Waals surface area contributed by atoms with E-state index in [1.165, 1.54) is 17.6 Å². The highest BCUT2D eigenvalue weighted by molar-refractivity contribution is 7.92. The van der Waals surface area contributed by atoms with Crippen molar-refractivity contribution in [3.8, 4) is 11.1 Å². The van der Waals surface area contributed by atoms with Crippen LogP contribution in [0.2, 0.25) is 0 Å². The highest BCUT2D eigenvalue weighted by Gasteiger charge is 2.39. The molecule has 1 saturated heterocycles. The van der Waals surface area contributed by atoms with Gasteiger partial charge in [-0.2, -0.15) is 5.10 Å². The molecule has 7 nitrogen and oxygen atoms in total. The van der Waals surface area contributed by atoms with Crippen LogP contribution in [-0.2, 0) is 15.4 Å². The molecule has 1 aliphatic heterocycles. The van der Waals surface area contributed by atoms with E-state index in [0.717, 1.165) is 75.2 Å². The first-order valence-electron chi connectivity index (χ1n) is 16.5. The maximum Gasteiger partial charge on any atom is 0.184 e. The van der Waals surface area contributed by atoms with Gasteiger partial charge < -0.3 is 4.90 Å². The Bertz CT molecular complexity index is 2240. The van der Waals surface area contributed by atoms with Crippen molar-refractivity contribution < 1.29 is 8.42 Å². The van der Waals surface area contributed by atoms with Crippen molar-refractivity contribution in [3.63, 3.8) is 0 Å². The maximum atomic E-state index is 12.3. The third kappa shape index (κ3) is 5.62. The molecule has 8 rings (SSSR count). The number of rotatable bonds is 8. The molecule has 9 heteroatoms. The molecule has 0 aliphatic carbocycles. The van der Waals surface area contributed by atoms with Crippen LogP contribution in [0.25, 0.3) is 22.0 Å². The third-order valence-electron chi connectivity index (χ3n) is 9.52. The van der Waals surface area contributed by atoms with Crippen molar-refractivity contribution in [2.45, 2.75) is 35.1 Å². The van der Waals surface area contributed by atoms with E-state index >= 15 is 0 Å². The van der Waals surface area contributed by atoms with E-state index in [1.807, 2.05) is 30.5 Å². The molecule has 0 amide bonds. The van der Waals surface area contributed by atoms with E-state index in [9.17, 15) is 8.42 Å². The van der Waals surface area contributed by atoms with Gasteiger partial charge in [0.2, 0.25) is 0 Å². The topological polar surface area (TPSA) is 81.0 Å². The number of nitrogens with zero attached hydrogens (tertiary/aromatic N) is 5. The largest absolute Gasteiger partial charge is 0.348 e. The molecule has 1 fully saturated rings. The van der Waals surface area contributed by atoms with Crippen LogP contribution in [0.1, 0.15) is 46.9 Å². The standard InChI is InChI=1S/C40H35N5O2S2/c1-49(46,47)38-23-22-37(48-38)36-19-11-12-24-44(36)39-34-25-29(20-21-35(34)41-28-42-39)30-26-43-45(27-30)40(31-13-5-2-6-14-31,32-15-7-3-8-16-32)33-17-9-4-10-18-33/h2-10,13-18,20-23,25-28,36H,11-12,19,24H2,1H3. The second kappa shape index (κ2) is 12.7. The van der Waals surface area contributed by atoms with Gasteiger partial charge in [0, 0.05) is 34.8 Å². The Morgan fingerprint density at radius 1 is 0.755 bits per heavy atom. The molecule has 49 heavy (non-hydrogen) atoms. The number of thiophene rings is 1. The maximum absolute atomic E-state index is 12.3. The highest BCUT2D eigenvalue weighted by Crippen LogP contribution is 2.43. The fourth-order valence-corrected chi connectivity index (χ4v) is 9.33. The van der Waals surface area contributed by atoms with Crippen molar-refractivity contribution in [2.75, 3.05) is 17.7 Å². The van der Waals surface area contributed by atoms with Crippen LogP contribution < -0.4 is 4.90 Å². The smallest absolute Gasteiger partial charge is 0.184 e. The van der Waals surface area contributed by atoms with Crippen LogP contribution in [0.4, 0.5) is 5.82 Å². The zero-order valence-corrected chi connectivity index (χ0v) is 28.7. The Kier molecular flexibility index (Phi) is 8.09. The molecule has 1 unspecified atom stereocenters. The van der Waals surface area contributed by atoms with E-state index in [0.29, 0.717) is 4.21 Å². The fraction of sp³-hybridized carbons (Fsp3) is 0.175. The molecule has 4 heterocycles. The molecule has 0 bridgehead atoms. The number of piperidine rings is 1. The molecular weight excluding hydrogens is 647 g/mol. The summed E-state index contributed by atoms with van der Waals surface area (Å²) in [6, 6.07) is 41.7. The number of hydrogen-bond donors (Lipinski definition) is 0. The minimum Gasteiger partial charge on any atom is -0.348 e. The average Bonchev–Trinajstić information content (AvgIpc) is 3.85. The Morgan fingerprint density at radius 2 is 1.41 bits per heavy atom. The summed E-state index contributed by atoms with van der Waals surface area (Å²) in [4.78, 5) is 12.9. The molecule has 0 N–H and O–H groups in total. The quantitative estimate of drug-likeness (QED) is 0.150. The van der Waals surface area contributed by atoms with Gasteiger partial charge >= 0.3 is 0 Å². The Morgan fingerprint density at radius 3 is 2.02 bits per heavy atom. The first-order valence-corrected chi connectivity index (χ1v) is 19.2. The summed E-state index contributed by atoms with van der Waals surface area (Å²) in [6.07, 6.45) is 10.0. The molecule has 0 radical (unpaired) electrons. The van der Waals surface area contributed by atoms with Crippen molar-refractivity contribution >= 4 is 37.9 Å². The first-order chi connectivity index (χ1) is 23.9. The van der Waals surface area contributed by atoms with Crippen LogP contribution in [0.5, 0.6) is 0 Å². The van der Waals surface area contributed by atoms with E-state index < -0.39 is 15.4 Å². The molecule has 7 aromatic rings. The van der Waals surface area contributed by atoms with Crippen LogP contribution >= 0.6 is 11.3 Å². The predicted octanol–water partition coefficient (Wildman–Crippen LogP) is 8.53. The van der Waals surface area contributed by atoms with Gasteiger partial charge in [-0.05, 0) is 65.8 Å². The average molecular weight is 682 g/mol. The van der Waals surface area contributed by atoms with E-state index in [1.54, 1.807) is 12.4 Å². The number of hydrogen-bond acceptors (Lipinski definition) is 7. The van der Waals surface area contributed by atoms with Crippen molar-refractivity contribution in [2.24, 2.45) is 0 Å². The van der Waals surface area contributed by atoms with Crippen molar-refractivity contribution in [1.29, 1.82) is 0 Å². The summed E-state index contributed by atoms with van der Waals surface area (Å²) in [5, 5.41) is 6.05. The summed E-state index contributed by atoms with van der Waals surface area (Å²) < 4.78 is 27.1. The van der Waals surface area contributed by atoms with Gasteiger partial charge in [-0.15, -0.1) is 11.3 Å². The lowest BCUT2D eigenvalue weighted by Crippen LogP contribution is -2.38. The number of fused-ring (bicyclic) bond motifs is 1. The number of sulfone groups is 1. The molecule has 1 atom stereocenters. The molecular formula is C40H35N5O2S2. The highest BCUT2D eigenvalue weighted by atomic mass is 32.2. The van der Waals surface area contributed by atoms with E-state index in [4.69, 9.17) is 10.1 Å².